The van der Waals surface area contributed by atoms with E-state index in [-0.39, 0.29) is 24.0 Å². The Hall–Kier alpha value is -0.860. The maximum absolute atomic E-state index is 5.72. The summed E-state index contributed by atoms with van der Waals surface area (Å²) in [6.07, 6.45) is 2.55. The van der Waals surface area contributed by atoms with E-state index in [0.29, 0.717) is 25.9 Å². The summed E-state index contributed by atoms with van der Waals surface area (Å²) in [5.74, 6) is 0.996. The third kappa shape index (κ3) is 8.37. The zero-order valence-electron chi connectivity index (χ0n) is 15.4. The van der Waals surface area contributed by atoms with Gasteiger partial charge in [-0.15, -0.1) is 24.0 Å². The molecular weight excluding hydrogens is 429 g/mol. The number of hydrogen-bond donors (Lipinski definition) is 1. The number of ether oxygens (including phenoxy) is 2. The molecule has 6 heteroatoms. The smallest absolute Gasteiger partial charge is 0.193 e. The SMILES string of the molecule is CCNC(=NCCOCc1ccccc1)N1CCC(OCC)CC1.I. The van der Waals surface area contributed by atoms with E-state index in [1.807, 2.05) is 18.2 Å². The van der Waals surface area contributed by atoms with Gasteiger partial charge in [0.2, 0.25) is 0 Å². The molecule has 25 heavy (non-hydrogen) atoms. The van der Waals surface area contributed by atoms with E-state index < -0.39 is 0 Å². The van der Waals surface area contributed by atoms with Crippen LogP contribution >= 0.6 is 24.0 Å². The van der Waals surface area contributed by atoms with Crippen LogP contribution in [-0.4, -0.2) is 56.4 Å². The molecule has 1 aliphatic rings. The van der Waals surface area contributed by atoms with Gasteiger partial charge in [0.1, 0.15) is 0 Å². The standard InChI is InChI=1S/C19H31N3O2.HI/c1-3-20-19(22-13-10-18(11-14-22)24-4-2)21-12-15-23-16-17-8-6-5-7-9-17;/h5-9,18H,3-4,10-16H2,1-2H3,(H,20,21);1H. The Bertz CT molecular complexity index is 477. The molecule has 0 radical (unpaired) electrons. The molecule has 2 rings (SSSR count). The summed E-state index contributed by atoms with van der Waals surface area (Å²) in [7, 11) is 0. The summed E-state index contributed by atoms with van der Waals surface area (Å²) in [5, 5.41) is 3.39. The van der Waals surface area contributed by atoms with E-state index >= 15 is 0 Å². The van der Waals surface area contributed by atoms with Crippen molar-refractivity contribution in [2.45, 2.75) is 39.4 Å². The van der Waals surface area contributed by atoms with Crippen LogP contribution < -0.4 is 5.32 Å². The Morgan fingerprint density at radius 1 is 1.20 bits per heavy atom. The first-order valence-electron chi connectivity index (χ1n) is 9.10. The van der Waals surface area contributed by atoms with Crippen LogP contribution in [-0.2, 0) is 16.1 Å². The summed E-state index contributed by atoms with van der Waals surface area (Å²) in [5.41, 5.74) is 1.20. The number of nitrogens with zero attached hydrogens (tertiary/aromatic N) is 2. The molecule has 0 aromatic heterocycles. The molecule has 1 fully saturated rings. The Labute approximate surface area is 169 Å². The van der Waals surface area contributed by atoms with Crippen LogP contribution in [0.25, 0.3) is 0 Å². The number of aliphatic imine (C=N–C) groups is 1. The molecule has 0 saturated carbocycles. The zero-order chi connectivity index (χ0) is 17.0. The lowest BCUT2D eigenvalue weighted by Crippen LogP contribution is -2.47. The molecule has 1 aromatic rings. The lowest BCUT2D eigenvalue weighted by atomic mass is 10.1. The molecule has 0 amide bonds. The van der Waals surface area contributed by atoms with Crippen molar-refractivity contribution in [3.05, 3.63) is 35.9 Å². The number of rotatable bonds is 8. The normalized spacial score (nSPS) is 15.8. The molecule has 0 aliphatic carbocycles. The highest BCUT2D eigenvalue weighted by atomic mass is 127. The van der Waals surface area contributed by atoms with Gasteiger partial charge in [0.15, 0.2) is 5.96 Å². The lowest BCUT2D eigenvalue weighted by molar-refractivity contribution is 0.0263. The molecule has 1 N–H and O–H groups in total. The summed E-state index contributed by atoms with van der Waals surface area (Å²) in [6, 6.07) is 10.2. The summed E-state index contributed by atoms with van der Waals surface area (Å²) >= 11 is 0. The summed E-state index contributed by atoms with van der Waals surface area (Å²) in [4.78, 5) is 7.03. The van der Waals surface area contributed by atoms with E-state index in [2.05, 4.69) is 36.2 Å². The number of hydrogen-bond acceptors (Lipinski definition) is 3. The highest BCUT2D eigenvalue weighted by Crippen LogP contribution is 2.13. The molecule has 142 valence electrons. The third-order valence-corrected chi connectivity index (χ3v) is 4.09. The Morgan fingerprint density at radius 2 is 1.92 bits per heavy atom. The first-order chi connectivity index (χ1) is 11.8. The minimum absolute atomic E-state index is 0. The fourth-order valence-corrected chi connectivity index (χ4v) is 2.88. The van der Waals surface area contributed by atoms with Crippen molar-refractivity contribution in [1.29, 1.82) is 0 Å². The monoisotopic (exact) mass is 461 g/mol. The fourth-order valence-electron chi connectivity index (χ4n) is 2.88. The van der Waals surface area contributed by atoms with E-state index in [0.717, 1.165) is 45.0 Å². The van der Waals surface area contributed by atoms with Crippen molar-refractivity contribution in [3.63, 3.8) is 0 Å². The van der Waals surface area contributed by atoms with Gasteiger partial charge in [-0.25, -0.2) is 0 Å². The van der Waals surface area contributed by atoms with Crippen LogP contribution in [0.1, 0.15) is 32.3 Å². The van der Waals surface area contributed by atoms with E-state index in [4.69, 9.17) is 14.5 Å². The predicted molar refractivity (Wildman–Crippen MR) is 114 cm³/mol. The average Bonchev–Trinajstić information content (AvgIpc) is 2.62. The first kappa shape index (κ1) is 22.2. The summed E-state index contributed by atoms with van der Waals surface area (Å²) < 4.78 is 11.4. The summed E-state index contributed by atoms with van der Waals surface area (Å²) in [6.45, 7) is 9.82. The zero-order valence-corrected chi connectivity index (χ0v) is 17.8. The number of guanidine groups is 1. The van der Waals surface area contributed by atoms with Gasteiger partial charge >= 0.3 is 0 Å². The second-order valence-electron chi connectivity index (χ2n) is 5.92. The van der Waals surface area contributed by atoms with Crippen molar-refractivity contribution in [2.24, 2.45) is 4.99 Å². The van der Waals surface area contributed by atoms with Gasteiger partial charge in [-0.3, -0.25) is 4.99 Å². The highest BCUT2D eigenvalue weighted by Gasteiger charge is 2.21. The molecule has 0 bridgehead atoms. The van der Waals surface area contributed by atoms with E-state index in [1.165, 1.54) is 5.56 Å². The second-order valence-corrected chi connectivity index (χ2v) is 5.92. The average molecular weight is 461 g/mol. The molecule has 5 nitrogen and oxygen atoms in total. The molecule has 1 aliphatic heterocycles. The van der Waals surface area contributed by atoms with Gasteiger partial charge in [0, 0.05) is 26.2 Å². The van der Waals surface area contributed by atoms with E-state index in [9.17, 15) is 0 Å². The lowest BCUT2D eigenvalue weighted by Gasteiger charge is -2.34. The fraction of sp³-hybridized carbons (Fsp3) is 0.632. The largest absolute Gasteiger partial charge is 0.378 e. The van der Waals surface area contributed by atoms with E-state index in [1.54, 1.807) is 0 Å². The van der Waals surface area contributed by atoms with Gasteiger partial charge in [-0.1, -0.05) is 30.3 Å². The molecular formula is C19H32IN3O2. The van der Waals surface area contributed by atoms with Crippen LogP contribution in [0.5, 0.6) is 0 Å². The molecule has 0 spiro atoms. The maximum atomic E-state index is 5.72. The van der Waals surface area contributed by atoms with Gasteiger partial charge < -0.3 is 19.7 Å². The van der Waals surface area contributed by atoms with Crippen molar-refractivity contribution in [3.8, 4) is 0 Å². The van der Waals surface area contributed by atoms with Crippen LogP contribution in [0.2, 0.25) is 0 Å². The Morgan fingerprint density at radius 3 is 2.56 bits per heavy atom. The second kappa shape index (κ2) is 13.4. The maximum Gasteiger partial charge on any atom is 0.193 e. The number of benzene rings is 1. The van der Waals surface area contributed by atoms with Gasteiger partial charge in [0.05, 0.1) is 25.9 Å². The Balaban J connectivity index is 0.00000312. The number of likely N-dealkylation sites (tertiary alicyclic amines) is 1. The molecule has 1 heterocycles. The minimum atomic E-state index is 0. The van der Waals surface area contributed by atoms with Gasteiger partial charge in [-0.2, -0.15) is 0 Å². The molecule has 1 saturated heterocycles. The predicted octanol–water partition coefficient (Wildman–Crippen LogP) is 3.29. The van der Waals surface area contributed by atoms with Gasteiger partial charge in [-0.05, 0) is 32.3 Å². The topological polar surface area (TPSA) is 46.1 Å². The number of piperidine rings is 1. The van der Waals surface area contributed by atoms with Crippen LogP contribution in [0, 0.1) is 0 Å². The molecule has 0 atom stereocenters. The van der Waals surface area contributed by atoms with Crippen molar-refractivity contribution in [1.82, 2.24) is 10.2 Å². The third-order valence-electron chi connectivity index (χ3n) is 4.09. The van der Waals surface area contributed by atoms with Crippen molar-refractivity contribution >= 4 is 29.9 Å². The van der Waals surface area contributed by atoms with Crippen LogP contribution in [0.3, 0.4) is 0 Å². The van der Waals surface area contributed by atoms with Crippen molar-refractivity contribution in [2.75, 3.05) is 39.4 Å². The molecule has 1 aromatic carbocycles. The van der Waals surface area contributed by atoms with Crippen LogP contribution in [0.4, 0.5) is 0 Å². The minimum Gasteiger partial charge on any atom is -0.378 e. The van der Waals surface area contributed by atoms with Crippen molar-refractivity contribution < 1.29 is 9.47 Å². The first-order valence-corrected chi connectivity index (χ1v) is 9.10. The molecule has 0 unspecified atom stereocenters. The number of halogens is 1. The van der Waals surface area contributed by atoms with Crippen LogP contribution in [0.15, 0.2) is 35.3 Å². The quantitative estimate of drug-likeness (QED) is 0.280. The van der Waals surface area contributed by atoms with Gasteiger partial charge in [0.25, 0.3) is 0 Å². The highest BCUT2D eigenvalue weighted by molar-refractivity contribution is 14.0. The number of nitrogens with one attached hydrogen (secondary N) is 1. The Kier molecular flexibility index (Phi) is 11.9.